The predicted molar refractivity (Wildman–Crippen MR) is 65.5 cm³/mol. The fourth-order valence-electron chi connectivity index (χ4n) is 1.78. The molecule has 1 heterocycles. The van der Waals surface area contributed by atoms with E-state index in [0.29, 0.717) is 11.4 Å². The molecule has 1 aliphatic heterocycles. The Hall–Kier alpha value is -2.55. The van der Waals surface area contributed by atoms with Crippen molar-refractivity contribution < 1.29 is 19.1 Å². The summed E-state index contributed by atoms with van der Waals surface area (Å²) in [5, 5.41) is 8.35. The van der Waals surface area contributed by atoms with Gasteiger partial charge in [-0.15, -0.1) is 0 Å². The van der Waals surface area contributed by atoms with E-state index in [2.05, 4.69) is 4.74 Å². The SMILES string of the molecule is N#CCOC(=O)CN1C(=O)CCOc2ccccc21. The van der Waals surface area contributed by atoms with Crippen LogP contribution in [-0.2, 0) is 14.3 Å². The Kier molecular flexibility index (Phi) is 3.98. The molecule has 0 aromatic heterocycles. The van der Waals surface area contributed by atoms with Gasteiger partial charge in [-0.1, -0.05) is 12.1 Å². The Morgan fingerprint density at radius 2 is 2.26 bits per heavy atom. The smallest absolute Gasteiger partial charge is 0.327 e. The number of para-hydroxylation sites is 2. The highest BCUT2D eigenvalue weighted by Crippen LogP contribution is 2.30. The summed E-state index contributed by atoms with van der Waals surface area (Å²) in [5.41, 5.74) is 0.541. The molecular formula is C13H12N2O4. The number of amides is 1. The molecule has 0 unspecified atom stereocenters. The van der Waals surface area contributed by atoms with Gasteiger partial charge in [-0.3, -0.25) is 14.5 Å². The lowest BCUT2D eigenvalue weighted by Gasteiger charge is -2.20. The van der Waals surface area contributed by atoms with E-state index in [9.17, 15) is 9.59 Å². The van der Waals surface area contributed by atoms with Crippen molar-refractivity contribution in [3.63, 3.8) is 0 Å². The number of carbonyl (C=O) groups is 2. The van der Waals surface area contributed by atoms with Crippen molar-refractivity contribution in [3.8, 4) is 11.8 Å². The van der Waals surface area contributed by atoms with Crippen molar-refractivity contribution in [1.29, 1.82) is 5.26 Å². The van der Waals surface area contributed by atoms with Crippen molar-refractivity contribution in [2.24, 2.45) is 0 Å². The second-order valence-corrected chi connectivity index (χ2v) is 3.86. The molecule has 1 aliphatic rings. The van der Waals surface area contributed by atoms with Crippen molar-refractivity contribution in [2.75, 3.05) is 24.7 Å². The van der Waals surface area contributed by atoms with E-state index in [1.54, 1.807) is 30.3 Å². The van der Waals surface area contributed by atoms with E-state index >= 15 is 0 Å². The topological polar surface area (TPSA) is 79.6 Å². The predicted octanol–water partition coefficient (Wildman–Crippen LogP) is 0.869. The van der Waals surface area contributed by atoms with Crippen LogP contribution in [0.3, 0.4) is 0 Å². The number of benzene rings is 1. The first-order valence-electron chi connectivity index (χ1n) is 5.77. The van der Waals surface area contributed by atoms with Crippen molar-refractivity contribution in [1.82, 2.24) is 0 Å². The Bertz CT molecular complexity index is 536. The second kappa shape index (κ2) is 5.87. The molecule has 0 saturated heterocycles. The number of rotatable bonds is 3. The quantitative estimate of drug-likeness (QED) is 0.753. The number of hydrogen-bond acceptors (Lipinski definition) is 5. The first-order chi connectivity index (χ1) is 9.22. The van der Waals surface area contributed by atoms with Gasteiger partial charge >= 0.3 is 5.97 Å². The number of nitrogens with zero attached hydrogens (tertiary/aromatic N) is 2. The summed E-state index contributed by atoms with van der Waals surface area (Å²) in [6.45, 7) is -0.264. The number of anilines is 1. The monoisotopic (exact) mass is 260 g/mol. The Balaban J connectivity index is 2.20. The molecule has 0 N–H and O–H groups in total. The summed E-state index contributed by atoms with van der Waals surface area (Å²) in [6.07, 6.45) is 0.195. The fraction of sp³-hybridized carbons (Fsp3) is 0.308. The summed E-state index contributed by atoms with van der Waals surface area (Å²) in [7, 11) is 0. The summed E-state index contributed by atoms with van der Waals surface area (Å²) in [5.74, 6) is -0.271. The van der Waals surface area contributed by atoms with Crippen LogP contribution in [0.15, 0.2) is 24.3 Å². The highest BCUT2D eigenvalue weighted by atomic mass is 16.5. The van der Waals surface area contributed by atoms with E-state index in [1.165, 1.54) is 4.90 Å². The third-order valence-electron chi connectivity index (χ3n) is 2.62. The largest absolute Gasteiger partial charge is 0.491 e. The van der Waals surface area contributed by atoms with Gasteiger partial charge < -0.3 is 9.47 Å². The highest BCUT2D eigenvalue weighted by Gasteiger charge is 2.25. The van der Waals surface area contributed by atoms with Crippen LogP contribution in [0.25, 0.3) is 0 Å². The molecular weight excluding hydrogens is 248 g/mol. The first-order valence-corrected chi connectivity index (χ1v) is 5.77. The van der Waals surface area contributed by atoms with Crippen LogP contribution >= 0.6 is 0 Å². The molecule has 0 bridgehead atoms. The van der Waals surface area contributed by atoms with Crippen LogP contribution in [0.5, 0.6) is 5.75 Å². The van der Waals surface area contributed by atoms with Gasteiger partial charge in [0.05, 0.1) is 18.7 Å². The van der Waals surface area contributed by atoms with Gasteiger partial charge in [0.2, 0.25) is 5.91 Å². The molecule has 1 aromatic carbocycles. The number of esters is 1. The molecule has 0 spiro atoms. The second-order valence-electron chi connectivity index (χ2n) is 3.86. The van der Waals surface area contributed by atoms with Gasteiger partial charge in [-0.2, -0.15) is 5.26 Å². The normalized spacial score (nSPS) is 13.8. The molecule has 0 saturated carbocycles. The minimum Gasteiger partial charge on any atom is -0.491 e. The molecule has 0 aliphatic carbocycles. The van der Waals surface area contributed by atoms with E-state index in [4.69, 9.17) is 10.00 Å². The molecule has 19 heavy (non-hydrogen) atoms. The van der Waals surface area contributed by atoms with Crippen LogP contribution in [-0.4, -0.2) is 31.6 Å². The third-order valence-corrected chi connectivity index (χ3v) is 2.62. The highest BCUT2D eigenvalue weighted by molar-refractivity contribution is 5.99. The van der Waals surface area contributed by atoms with Crippen LogP contribution in [0.2, 0.25) is 0 Å². The molecule has 1 aromatic rings. The number of ether oxygens (including phenoxy) is 2. The maximum Gasteiger partial charge on any atom is 0.327 e. The summed E-state index contributed by atoms with van der Waals surface area (Å²) >= 11 is 0. The lowest BCUT2D eigenvalue weighted by Crippen LogP contribution is -2.36. The Morgan fingerprint density at radius 1 is 1.47 bits per heavy atom. The van der Waals surface area contributed by atoms with Gasteiger partial charge in [0.25, 0.3) is 0 Å². The standard InChI is InChI=1S/C13H12N2O4/c14-6-8-19-13(17)9-15-10-3-1-2-4-11(10)18-7-5-12(15)16/h1-4H,5,7-9H2. The van der Waals surface area contributed by atoms with Crippen LogP contribution in [0.1, 0.15) is 6.42 Å². The van der Waals surface area contributed by atoms with Gasteiger partial charge in [-0.25, -0.2) is 0 Å². The minimum absolute atomic E-state index is 0.195. The lowest BCUT2D eigenvalue weighted by atomic mass is 10.2. The average molecular weight is 260 g/mol. The van der Waals surface area contributed by atoms with Crippen LogP contribution in [0, 0.1) is 11.3 Å². The zero-order valence-electron chi connectivity index (χ0n) is 10.2. The fourth-order valence-corrected chi connectivity index (χ4v) is 1.78. The zero-order valence-corrected chi connectivity index (χ0v) is 10.2. The molecule has 0 atom stereocenters. The molecule has 6 heteroatoms. The maximum absolute atomic E-state index is 12.0. The molecule has 2 rings (SSSR count). The molecule has 0 radical (unpaired) electrons. The Labute approximate surface area is 110 Å². The van der Waals surface area contributed by atoms with Crippen molar-refractivity contribution >= 4 is 17.6 Å². The van der Waals surface area contributed by atoms with Crippen LogP contribution < -0.4 is 9.64 Å². The third kappa shape index (κ3) is 3.01. The van der Waals surface area contributed by atoms with Crippen molar-refractivity contribution in [3.05, 3.63) is 24.3 Å². The van der Waals surface area contributed by atoms with E-state index < -0.39 is 5.97 Å². The number of nitriles is 1. The van der Waals surface area contributed by atoms with E-state index in [1.807, 2.05) is 0 Å². The zero-order chi connectivity index (χ0) is 13.7. The first kappa shape index (κ1) is 12.9. The molecule has 6 nitrogen and oxygen atoms in total. The van der Waals surface area contributed by atoms with Gasteiger partial charge in [0.1, 0.15) is 18.4 Å². The van der Waals surface area contributed by atoms with Gasteiger partial charge in [0.15, 0.2) is 6.61 Å². The molecule has 98 valence electrons. The number of fused-ring (bicyclic) bond motifs is 1. The molecule has 1 amide bonds. The number of hydrogen-bond donors (Lipinski definition) is 0. The summed E-state index contributed by atoms with van der Waals surface area (Å²) in [6, 6.07) is 8.70. The van der Waals surface area contributed by atoms with E-state index in [-0.39, 0.29) is 32.1 Å². The maximum atomic E-state index is 12.0. The van der Waals surface area contributed by atoms with Gasteiger partial charge in [0, 0.05) is 0 Å². The summed E-state index contributed by atoms with van der Waals surface area (Å²) < 4.78 is 10.1. The lowest BCUT2D eigenvalue weighted by molar-refractivity contribution is -0.141. The Morgan fingerprint density at radius 3 is 3.05 bits per heavy atom. The molecule has 0 fully saturated rings. The van der Waals surface area contributed by atoms with Gasteiger partial charge in [-0.05, 0) is 12.1 Å². The van der Waals surface area contributed by atoms with Crippen LogP contribution in [0.4, 0.5) is 5.69 Å². The van der Waals surface area contributed by atoms with E-state index in [0.717, 1.165) is 0 Å². The average Bonchev–Trinajstić information content (AvgIpc) is 2.57. The van der Waals surface area contributed by atoms with Crippen molar-refractivity contribution in [2.45, 2.75) is 6.42 Å². The summed E-state index contributed by atoms with van der Waals surface area (Å²) in [4.78, 5) is 24.8. The minimum atomic E-state index is -0.619. The number of carbonyl (C=O) groups excluding carboxylic acids is 2.